The van der Waals surface area contributed by atoms with Crippen LogP contribution >= 0.6 is 11.3 Å². The number of nitrogens with zero attached hydrogens (tertiary/aromatic N) is 2. The molecule has 21 heavy (non-hydrogen) atoms. The third kappa shape index (κ3) is 4.42. The second kappa shape index (κ2) is 6.09. The lowest BCUT2D eigenvalue weighted by Crippen LogP contribution is -2.21. The largest absolute Gasteiger partial charge is 0.441 e. The standard InChI is InChI=1S/C14H18N4O2S/c1-14(2,3)10-7-16-12(20-10)5-4-9-6-17-13(21-9)18-8-11(15)19/h4-7H,8H2,1-3H3,(H2,15,19)(H,17,18)/b5-4+. The van der Waals surface area contributed by atoms with Gasteiger partial charge in [-0.25, -0.2) is 9.97 Å². The number of nitrogens with two attached hydrogens (primary N) is 1. The number of thiazole rings is 1. The number of rotatable bonds is 5. The zero-order valence-electron chi connectivity index (χ0n) is 12.2. The van der Waals surface area contributed by atoms with E-state index in [0.717, 1.165) is 10.6 Å². The second-order valence-corrected chi connectivity index (χ2v) is 6.60. The Hall–Kier alpha value is -2.15. The molecule has 7 heteroatoms. The summed E-state index contributed by atoms with van der Waals surface area (Å²) in [5.74, 6) is 0.979. The third-order valence-corrected chi connectivity index (χ3v) is 3.51. The van der Waals surface area contributed by atoms with Gasteiger partial charge in [0.15, 0.2) is 5.13 Å². The summed E-state index contributed by atoms with van der Waals surface area (Å²) in [6.45, 7) is 6.29. The first kappa shape index (κ1) is 15.2. The van der Waals surface area contributed by atoms with Gasteiger partial charge in [0, 0.05) is 22.6 Å². The average molecular weight is 306 g/mol. The quantitative estimate of drug-likeness (QED) is 0.885. The predicted octanol–water partition coefficient (Wildman–Crippen LogP) is 2.50. The molecule has 0 aliphatic rings. The van der Waals surface area contributed by atoms with Crippen molar-refractivity contribution < 1.29 is 9.21 Å². The van der Waals surface area contributed by atoms with Crippen molar-refractivity contribution in [2.75, 3.05) is 11.9 Å². The summed E-state index contributed by atoms with van der Waals surface area (Å²) >= 11 is 1.42. The number of hydrogen-bond donors (Lipinski definition) is 2. The zero-order chi connectivity index (χ0) is 15.5. The van der Waals surface area contributed by atoms with Gasteiger partial charge in [0.05, 0.1) is 12.7 Å². The summed E-state index contributed by atoms with van der Waals surface area (Å²) in [5, 5.41) is 3.50. The zero-order valence-corrected chi connectivity index (χ0v) is 13.0. The first-order chi connectivity index (χ1) is 9.84. The van der Waals surface area contributed by atoms with E-state index in [9.17, 15) is 4.79 Å². The van der Waals surface area contributed by atoms with Crippen molar-refractivity contribution >= 4 is 34.5 Å². The molecule has 2 aromatic heterocycles. The summed E-state index contributed by atoms with van der Waals surface area (Å²) in [6.07, 6.45) is 7.11. The molecule has 0 aliphatic carbocycles. The van der Waals surface area contributed by atoms with Crippen molar-refractivity contribution in [3.8, 4) is 0 Å². The molecule has 2 rings (SSSR count). The normalized spacial score (nSPS) is 12.0. The molecule has 0 spiro atoms. The maximum atomic E-state index is 10.7. The molecule has 112 valence electrons. The van der Waals surface area contributed by atoms with Crippen LogP contribution in [0.2, 0.25) is 0 Å². The van der Waals surface area contributed by atoms with Crippen molar-refractivity contribution in [3.05, 3.63) is 28.9 Å². The highest BCUT2D eigenvalue weighted by Crippen LogP contribution is 2.24. The van der Waals surface area contributed by atoms with Gasteiger partial charge in [0.1, 0.15) is 5.76 Å². The van der Waals surface area contributed by atoms with E-state index in [4.69, 9.17) is 10.2 Å². The summed E-state index contributed by atoms with van der Waals surface area (Å²) in [4.78, 5) is 20.0. The molecule has 0 saturated carbocycles. The fraction of sp³-hybridized carbons (Fsp3) is 0.357. The Morgan fingerprint density at radius 1 is 1.38 bits per heavy atom. The van der Waals surface area contributed by atoms with Crippen LogP contribution in [-0.4, -0.2) is 22.4 Å². The lowest BCUT2D eigenvalue weighted by atomic mass is 9.94. The number of anilines is 1. The van der Waals surface area contributed by atoms with Crippen LogP contribution < -0.4 is 11.1 Å². The molecule has 0 radical (unpaired) electrons. The predicted molar refractivity (Wildman–Crippen MR) is 83.9 cm³/mol. The molecular formula is C14H18N4O2S. The van der Waals surface area contributed by atoms with Crippen LogP contribution in [0, 0.1) is 0 Å². The Balaban J connectivity index is 2.01. The minimum atomic E-state index is -0.420. The van der Waals surface area contributed by atoms with Crippen LogP contribution in [0.3, 0.4) is 0 Å². The molecule has 6 nitrogen and oxygen atoms in total. The molecule has 1 amide bonds. The molecule has 0 fully saturated rings. The lowest BCUT2D eigenvalue weighted by Gasteiger charge is -2.12. The smallest absolute Gasteiger partial charge is 0.236 e. The van der Waals surface area contributed by atoms with Gasteiger partial charge in [-0.2, -0.15) is 0 Å². The number of carbonyl (C=O) groups excluding carboxylic acids is 1. The van der Waals surface area contributed by atoms with Crippen LogP contribution in [0.15, 0.2) is 16.8 Å². The highest BCUT2D eigenvalue weighted by atomic mass is 32.1. The maximum absolute atomic E-state index is 10.7. The Labute approximate surface area is 127 Å². The summed E-state index contributed by atoms with van der Waals surface area (Å²) < 4.78 is 5.67. The van der Waals surface area contributed by atoms with Crippen molar-refractivity contribution in [1.29, 1.82) is 0 Å². The number of oxazole rings is 1. The van der Waals surface area contributed by atoms with E-state index in [1.54, 1.807) is 18.5 Å². The van der Waals surface area contributed by atoms with Crippen LogP contribution in [0.4, 0.5) is 5.13 Å². The van der Waals surface area contributed by atoms with Gasteiger partial charge in [-0.05, 0) is 6.08 Å². The number of hydrogen-bond acceptors (Lipinski definition) is 6. The van der Waals surface area contributed by atoms with Crippen molar-refractivity contribution in [1.82, 2.24) is 9.97 Å². The summed E-state index contributed by atoms with van der Waals surface area (Å²) in [7, 11) is 0. The number of primary amides is 1. The molecule has 2 heterocycles. The van der Waals surface area contributed by atoms with E-state index in [2.05, 4.69) is 36.1 Å². The fourth-order valence-electron chi connectivity index (χ4n) is 1.47. The maximum Gasteiger partial charge on any atom is 0.236 e. The van der Waals surface area contributed by atoms with Gasteiger partial charge < -0.3 is 15.5 Å². The molecule has 0 aliphatic heterocycles. The molecule has 3 N–H and O–H groups in total. The number of carbonyl (C=O) groups is 1. The summed E-state index contributed by atoms with van der Waals surface area (Å²) in [5.41, 5.74) is 5.00. The van der Waals surface area contributed by atoms with E-state index in [0.29, 0.717) is 11.0 Å². The van der Waals surface area contributed by atoms with Gasteiger partial charge in [-0.15, -0.1) is 0 Å². The topological polar surface area (TPSA) is 94.0 Å². The highest BCUT2D eigenvalue weighted by molar-refractivity contribution is 7.16. The van der Waals surface area contributed by atoms with Gasteiger partial charge >= 0.3 is 0 Å². The summed E-state index contributed by atoms with van der Waals surface area (Å²) in [6, 6.07) is 0. The second-order valence-electron chi connectivity index (χ2n) is 5.53. The van der Waals surface area contributed by atoms with E-state index in [1.165, 1.54) is 11.3 Å². The number of aromatic nitrogens is 2. The van der Waals surface area contributed by atoms with Crippen LogP contribution in [0.25, 0.3) is 12.2 Å². The molecule has 0 saturated heterocycles. The monoisotopic (exact) mass is 306 g/mol. The third-order valence-electron chi connectivity index (χ3n) is 2.59. The average Bonchev–Trinajstić information content (AvgIpc) is 3.02. The molecule has 0 unspecified atom stereocenters. The molecule has 0 bridgehead atoms. The van der Waals surface area contributed by atoms with E-state index in [1.807, 2.05) is 6.08 Å². The minimum absolute atomic E-state index is 0.0601. The van der Waals surface area contributed by atoms with E-state index < -0.39 is 5.91 Å². The Morgan fingerprint density at radius 2 is 2.14 bits per heavy atom. The van der Waals surface area contributed by atoms with Crippen LogP contribution in [-0.2, 0) is 10.2 Å². The van der Waals surface area contributed by atoms with Gasteiger partial charge in [-0.3, -0.25) is 4.79 Å². The SMILES string of the molecule is CC(C)(C)c1cnc(/C=C/c2cnc(NCC(N)=O)s2)o1. The molecule has 0 atom stereocenters. The first-order valence-corrected chi connectivity index (χ1v) is 7.28. The Kier molecular flexibility index (Phi) is 4.42. The molecular weight excluding hydrogens is 288 g/mol. The molecule has 2 aromatic rings. The van der Waals surface area contributed by atoms with E-state index in [-0.39, 0.29) is 12.0 Å². The Bertz CT molecular complexity index is 652. The van der Waals surface area contributed by atoms with E-state index >= 15 is 0 Å². The lowest BCUT2D eigenvalue weighted by molar-refractivity contribution is -0.116. The Morgan fingerprint density at radius 3 is 2.76 bits per heavy atom. The van der Waals surface area contributed by atoms with Crippen molar-refractivity contribution in [3.63, 3.8) is 0 Å². The van der Waals surface area contributed by atoms with Gasteiger partial charge in [-0.1, -0.05) is 32.1 Å². The first-order valence-electron chi connectivity index (χ1n) is 6.47. The van der Waals surface area contributed by atoms with Crippen molar-refractivity contribution in [2.45, 2.75) is 26.2 Å². The fourth-order valence-corrected chi connectivity index (χ4v) is 2.19. The number of nitrogens with one attached hydrogen (secondary N) is 1. The minimum Gasteiger partial charge on any atom is -0.441 e. The van der Waals surface area contributed by atoms with Gasteiger partial charge in [0.25, 0.3) is 0 Å². The molecule has 0 aromatic carbocycles. The van der Waals surface area contributed by atoms with Crippen LogP contribution in [0.5, 0.6) is 0 Å². The van der Waals surface area contributed by atoms with Crippen LogP contribution in [0.1, 0.15) is 37.3 Å². The number of amides is 1. The highest BCUT2D eigenvalue weighted by Gasteiger charge is 2.18. The van der Waals surface area contributed by atoms with Crippen molar-refractivity contribution in [2.24, 2.45) is 5.73 Å². The van der Waals surface area contributed by atoms with Gasteiger partial charge in [0.2, 0.25) is 11.8 Å².